The molecule has 20 heavy (non-hydrogen) atoms. The van der Waals surface area contributed by atoms with Crippen LogP contribution in [0.2, 0.25) is 0 Å². The van der Waals surface area contributed by atoms with Crippen LogP contribution >= 0.6 is 0 Å². The van der Waals surface area contributed by atoms with Gasteiger partial charge in [-0.1, -0.05) is 25.2 Å². The molecule has 0 bridgehead atoms. The highest BCUT2D eigenvalue weighted by Gasteiger charge is 2.40. The van der Waals surface area contributed by atoms with Crippen LogP contribution in [0.4, 0.5) is 0 Å². The van der Waals surface area contributed by atoms with E-state index >= 15 is 0 Å². The molecule has 108 valence electrons. The number of allylic oxidation sites excluding steroid dienone is 3. The standard InChI is InChI=1S/C19H27N/c1-14-10-12-15(13-11-14)20-18-8-4-2-6-16(18)17-7-3-5-9-19(17)20/h6,10,12,14-15,18H,2-5,7-9,11,13H2,1H3. The first kappa shape index (κ1) is 12.7. The smallest absolute Gasteiger partial charge is 0.0546 e. The summed E-state index contributed by atoms with van der Waals surface area (Å²) in [6, 6.07) is 1.42. The van der Waals surface area contributed by atoms with Gasteiger partial charge in [0.15, 0.2) is 0 Å². The molecule has 3 atom stereocenters. The second-order valence-corrected chi connectivity index (χ2v) is 7.15. The summed E-state index contributed by atoms with van der Waals surface area (Å²) in [4.78, 5) is 2.85. The zero-order valence-electron chi connectivity index (χ0n) is 12.8. The Balaban J connectivity index is 1.70. The molecule has 0 saturated carbocycles. The van der Waals surface area contributed by atoms with Gasteiger partial charge in [0.05, 0.1) is 6.04 Å². The fourth-order valence-corrected chi connectivity index (χ4v) is 4.75. The van der Waals surface area contributed by atoms with Crippen molar-refractivity contribution >= 4 is 0 Å². The van der Waals surface area contributed by atoms with Gasteiger partial charge in [-0.3, -0.25) is 0 Å². The molecule has 1 aliphatic heterocycles. The maximum absolute atomic E-state index is 2.85. The summed E-state index contributed by atoms with van der Waals surface area (Å²) in [6.07, 6.45) is 19.9. The summed E-state index contributed by atoms with van der Waals surface area (Å²) in [6.45, 7) is 2.36. The fraction of sp³-hybridized carbons (Fsp3) is 0.684. The minimum atomic E-state index is 0.684. The minimum absolute atomic E-state index is 0.684. The van der Waals surface area contributed by atoms with Crippen molar-refractivity contribution in [3.8, 4) is 0 Å². The molecule has 3 unspecified atom stereocenters. The third-order valence-corrected chi connectivity index (χ3v) is 5.78. The topological polar surface area (TPSA) is 3.24 Å². The largest absolute Gasteiger partial charge is 0.361 e. The predicted octanol–water partition coefficient (Wildman–Crippen LogP) is 4.96. The lowest BCUT2D eigenvalue weighted by atomic mass is 9.87. The zero-order chi connectivity index (χ0) is 13.5. The molecule has 1 heteroatoms. The van der Waals surface area contributed by atoms with Crippen LogP contribution < -0.4 is 0 Å². The molecule has 1 nitrogen and oxygen atoms in total. The Kier molecular flexibility index (Phi) is 3.24. The lowest BCUT2D eigenvalue weighted by Gasteiger charge is -2.39. The van der Waals surface area contributed by atoms with E-state index in [2.05, 4.69) is 30.1 Å². The minimum Gasteiger partial charge on any atom is -0.361 e. The lowest BCUT2D eigenvalue weighted by Crippen LogP contribution is -2.40. The molecule has 0 amide bonds. The van der Waals surface area contributed by atoms with Gasteiger partial charge in [-0.25, -0.2) is 0 Å². The van der Waals surface area contributed by atoms with Crippen molar-refractivity contribution in [2.75, 3.05) is 0 Å². The maximum Gasteiger partial charge on any atom is 0.0546 e. The molecule has 0 fully saturated rings. The predicted molar refractivity (Wildman–Crippen MR) is 84.4 cm³/mol. The van der Waals surface area contributed by atoms with E-state index < -0.39 is 0 Å². The SMILES string of the molecule is CC1C=CC(N2C3=C(CCCC3)C3=CCCCC32)CC1. The highest BCUT2D eigenvalue weighted by Crippen LogP contribution is 2.47. The first-order valence-corrected chi connectivity index (χ1v) is 8.73. The van der Waals surface area contributed by atoms with Crippen LogP contribution in [0.5, 0.6) is 0 Å². The molecule has 4 rings (SSSR count). The van der Waals surface area contributed by atoms with Crippen LogP contribution in [0.3, 0.4) is 0 Å². The normalized spacial score (nSPS) is 36.8. The number of nitrogens with zero attached hydrogens (tertiary/aromatic N) is 1. The summed E-state index contributed by atoms with van der Waals surface area (Å²) >= 11 is 0. The lowest BCUT2D eigenvalue weighted by molar-refractivity contribution is 0.210. The van der Waals surface area contributed by atoms with Gasteiger partial charge in [0.2, 0.25) is 0 Å². The number of rotatable bonds is 1. The zero-order valence-corrected chi connectivity index (χ0v) is 12.8. The van der Waals surface area contributed by atoms with Crippen LogP contribution in [0.1, 0.15) is 64.7 Å². The van der Waals surface area contributed by atoms with Crippen LogP contribution in [-0.4, -0.2) is 17.0 Å². The second kappa shape index (κ2) is 5.09. The van der Waals surface area contributed by atoms with Gasteiger partial charge in [0.1, 0.15) is 0 Å². The average Bonchev–Trinajstić information content (AvgIpc) is 2.83. The fourth-order valence-electron chi connectivity index (χ4n) is 4.75. The van der Waals surface area contributed by atoms with Crippen LogP contribution in [0, 0.1) is 5.92 Å². The molecular formula is C19H27N. The molecule has 1 heterocycles. The third-order valence-electron chi connectivity index (χ3n) is 5.78. The first-order chi connectivity index (χ1) is 9.84. The van der Waals surface area contributed by atoms with Crippen molar-refractivity contribution < 1.29 is 0 Å². The highest BCUT2D eigenvalue weighted by molar-refractivity contribution is 5.47. The van der Waals surface area contributed by atoms with Gasteiger partial charge in [0.25, 0.3) is 0 Å². The van der Waals surface area contributed by atoms with Crippen molar-refractivity contribution in [2.24, 2.45) is 5.92 Å². The molecule has 4 aliphatic rings. The Hall–Kier alpha value is -0.980. The Bertz CT molecular complexity index is 482. The monoisotopic (exact) mass is 269 g/mol. The first-order valence-electron chi connectivity index (χ1n) is 8.73. The van der Waals surface area contributed by atoms with Crippen LogP contribution in [-0.2, 0) is 0 Å². The van der Waals surface area contributed by atoms with Crippen molar-refractivity contribution in [1.82, 2.24) is 4.90 Å². The van der Waals surface area contributed by atoms with Crippen LogP contribution in [0.25, 0.3) is 0 Å². The molecule has 0 radical (unpaired) electrons. The van der Waals surface area contributed by atoms with Gasteiger partial charge in [-0.2, -0.15) is 0 Å². The molecule has 0 N–H and O–H groups in total. The van der Waals surface area contributed by atoms with Gasteiger partial charge >= 0.3 is 0 Å². The van der Waals surface area contributed by atoms with E-state index in [-0.39, 0.29) is 0 Å². The van der Waals surface area contributed by atoms with Gasteiger partial charge in [0, 0.05) is 11.7 Å². The number of hydrogen-bond donors (Lipinski definition) is 0. The van der Waals surface area contributed by atoms with E-state index in [9.17, 15) is 0 Å². The Morgan fingerprint density at radius 3 is 2.75 bits per heavy atom. The Morgan fingerprint density at radius 2 is 1.90 bits per heavy atom. The molecule has 0 saturated heterocycles. The summed E-state index contributed by atoms with van der Waals surface area (Å²) in [5, 5.41) is 0. The molecular weight excluding hydrogens is 242 g/mol. The quantitative estimate of drug-likeness (QED) is 0.608. The summed E-state index contributed by atoms with van der Waals surface area (Å²) < 4.78 is 0. The van der Waals surface area contributed by atoms with Crippen LogP contribution in [0.15, 0.2) is 35.1 Å². The molecule has 0 aromatic carbocycles. The molecule has 0 aromatic rings. The van der Waals surface area contributed by atoms with Crippen molar-refractivity contribution in [2.45, 2.75) is 76.8 Å². The van der Waals surface area contributed by atoms with E-state index in [1.165, 1.54) is 57.8 Å². The van der Waals surface area contributed by atoms with Gasteiger partial charge < -0.3 is 4.90 Å². The average molecular weight is 269 g/mol. The molecule has 3 aliphatic carbocycles. The van der Waals surface area contributed by atoms with E-state index in [0.717, 1.165) is 12.0 Å². The third kappa shape index (κ3) is 1.98. The summed E-state index contributed by atoms with van der Waals surface area (Å²) in [5.74, 6) is 0.787. The van der Waals surface area contributed by atoms with Gasteiger partial charge in [-0.05, 0) is 74.9 Å². The van der Waals surface area contributed by atoms with Crippen molar-refractivity contribution in [1.29, 1.82) is 0 Å². The van der Waals surface area contributed by atoms with E-state index in [1.54, 1.807) is 16.8 Å². The van der Waals surface area contributed by atoms with E-state index in [4.69, 9.17) is 0 Å². The maximum atomic E-state index is 2.85. The number of hydrogen-bond acceptors (Lipinski definition) is 1. The van der Waals surface area contributed by atoms with Crippen molar-refractivity contribution in [3.05, 3.63) is 35.1 Å². The molecule has 0 aromatic heterocycles. The van der Waals surface area contributed by atoms with E-state index in [0.29, 0.717) is 6.04 Å². The summed E-state index contributed by atoms with van der Waals surface area (Å²) in [7, 11) is 0. The van der Waals surface area contributed by atoms with Crippen molar-refractivity contribution in [3.63, 3.8) is 0 Å². The number of fused-ring (bicyclic) bond motifs is 2. The van der Waals surface area contributed by atoms with Gasteiger partial charge in [-0.15, -0.1) is 0 Å². The Morgan fingerprint density at radius 1 is 1.00 bits per heavy atom. The Labute approximate surface area is 123 Å². The molecule has 0 spiro atoms. The highest BCUT2D eigenvalue weighted by atomic mass is 15.2. The second-order valence-electron chi connectivity index (χ2n) is 7.15. The van der Waals surface area contributed by atoms with E-state index in [1.807, 2.05) is 0 Å². The summed E-state index contributed by atoms with van der Waals surface area (Å²) in [5.41, 5.74) is 5.23.